The minimum Gasteiger partial charge on any atom is -0.465 e. The van der Waals surface area contributed by atoms with Crippen LogP contribution >= 0.6 is 0 Å². The van der Waals surface area contributed by atoms with Gasteiger partial charge in [-0.25, -0.2) is 0 Å². The molecule has 88 valence electrons. The molecule has 1 fully saturated rings. The lowest BCUT2D eigenvalue weighted by Gasteiger charge is -2.26. The van der Waals surface area contributed by atoms with Gasteiger partial charge in [0, 0.05) is 6.04 Å². The summed E-state index contributed by atoms with van der Waals surface area (Å²) in [4.78, 5) is 11.8. The zero-order valence-corrected chi connectivity index (χ0v) is 9.92. The van der Waals surface area contributed by atoms with Crippen molar-refractivity contribution in [1.82, 2.24) is 0 Å². The minimum atomic E-state index is -0.424. The molecule has 3 heteroatoms. The maximum absolute atomic E-state index is 11.8. The zero-order chi connectivity index (χ0) is 11.3. The Bertz CT molecular complexity index is 218. The van der Waals surface area contributed by atoms with E-state index in [0.717, 1.165) is 38.5 Å². The molecule has 15 heavy (non-hydrogen) atoms. The van der Waals surface area contributed by atoms with Crippen molar-refractivity contribution in [3.63, 3.8) is 0 Å². The molecule has 0 aromatic rings. The molecule has 0 bridgehead atoms. The third-order valence-corrected chi connectivity index (χ3v) is 3.48. The van der Waals surface area contributed by atoms with Crippen LogP contribution < -0.4 is 5.73 Å². The number of unbranched alkanes of at least 4 members (excludes halogenated alkanes) is 2. The SMILES string of the molecule is CCCCCOC(=O)C1(C)CCCC1N. The predicted octanol–water partition coefficient (Wildman–Crippen LogP) is 2.24. The number of carbonyl (C=O) groups excluding carboxylic acids is 1. The minimum absolute atomic E-state index is 0.0174. The lowest BCUT2D eigenvalue weighted by Crippen LogP contribution is -2.42. The van der Waals surface area contributed by atoms with Gasteiger partial charge in [0.25, 0.3) is 0 Å². The van der Waals surface area contributed by atoms with E-state index in [9.17, 15) is 4.79 Å². The lowest BCUT2D eigenvalue weighted by atomic mass is 9.85. The van der Waals surface area contributed by atoms with Crippen LogP contribution in [0.1, 0.15) is 52.4 Å². The maximum Gasteiger partial charge on any atom is 0.313 e. The lowest BCUT2D eigenvalue weighted by molar-refractivity contribution is -0.155. The smallest absolute Gasteiger partial charge is 0.313 e. The van der Waals surface area contributed by atoms with Gasteiger partial charge in [-0.15, -0.1) is 0 Å². The Balaban J connectivity index is 2.32. The third kappa shape index (κ3) is 2.94. The van der Waals surface area contributed by atoms with Gasteiger partial charge in [-0.2, -0.15) is 0 Å². The molecule has 0 spiro atoms. The van der Waals surface area contributed by atoms with Crippen molar-refractivity contribution in [2.75, 3.05) is 6.61 Å². The second-order valence-electron chi connectivity index (χ2n) is 4.76. The molecule has 1 rings (SSSR count). The van der Waals surface area contributed by atoms with Crippen molar-refractivity contribution in [2.24, 2.45) is 11.1 Å². The molecule has 0 aromatic heterocycles. The highest BCUT2D eigenvalue weighted by molar-refractivity contribution is 5.77. The topological polar surface area (TPSA) is 52.3 Å². The average Bonchev–Trinajstić information content (AvgIpc) is 2.55. The van der Waals surface area contributed by atoms with Crippen LogP contribution in [0.2, 0.25) is 0 Å². The normalized spacial score (nSPS) is 30.5. The first-order chi connectivity index (χ1) is 7.11. The molecule has 0 aliphatic heterocycles. The van der Waals surface area contributed by atoms with E-state index < -0.39 is 5.41 Å². The van der Waals surface area contributed by atoms with E-state index in [1.54, 1.807) is 0 Å². The fourth-order valence-corrected chi connectivity index (χ4v) is 2.13. The van der Waals surface area contributed by atoms with Gasteiger partial charge in [-0.3, -0.25) is 4.79 Å². The summed E-state index contributed by atoms with van der Waals surface area (Å²) < 4.78 is 5.28. The average molecular weight is 213 g/mol. The summed E-state index contributed by atoms with van der Waals surface area (Å²) in [5.41, 5.74) is 5.52. The number of carbonyl (C=O) groups is 1. The van der Waals surface area contributed by atoms with Crippen molar-refractivity contribution < 1.29 is 9.53 Å². The maximum atomic E-state index is 11.8. The van der Waals surface area contributed by atoms with Crippen LogP contribution in [-0.4, -0.2) is 18.6 Å². The van der Waals surface area contributed by atoms with E-state index in [2.05, 4.69) is 6.92 Å². The summed E-state index contributed by atoms with van der Waals surface area (Å²) in [5.74, 6) is -0.0939. The third-order valence-electron chi connectivity index (χ3n) is 3.48. The molecule has 0 amide bonds. The van der Waals surface area contributed by atoms with Gasteiger partial charge in [0.15, 0.2) is 0 Å². The summed E-state index contributed by atoms with van der Waals surface area (Å²) in [6.45, 7) is 4.62. The van der Waals surface area contributed by atoms with E-state index in [1.165, 1.54) is 0 Å². The van der Waals surface area contributed by atoms with E-state index >= 15 is 0 Å². The molecule has 3 nitrogen and oxygen atoms in total. The van der Waals surface area contributed by atoms with Gasteiger partial charge in [0.2, 0.25) is 0 Å². The van der Waals surface area contributed by atoms with Crippen molar-refractivity contribution >= 4 is 5.97 Å². The van der Waals surface area contributed by atoms with Crippen LogP contribution in [-0.2, 0) is 9.53 Å². The van der Waals surface area contributed by atoms with Crippen LogP contribution in [0.15, 0.2) is 0 Å². The highest BCUT2D eigenvalue weighted by Crippen LogP contribution is 2.37. The molecular formula is C12H23NO2. The second kappa shape index (κ2) is 5.50. The van der Waals surface area contributed by atoms with Crippen molar-refractivity contribution in [3.05, 3.63) is 0 Å². The van der Waals surface area contributed by atoms with Crippen molar-refractivity contribution in [3.8, 4) is 0 Å². The van der Waals surface area contributed by atoms with Crippen LogP contribution in [0.25, 0.3) is 0 Å². The largest absolute Gasteiger partial charge is 0.465 e. The molecule has 0 radical (unpaired) electrons. The van der Waals surface area contributed by atoms with Gasteiger partial charge in [-0.05, 0) is 26.2 Å². The molecule has 0 aromatic carbocycles. The van der Waals surface area contributed by atoms with Gasteiger partial charge in [0.05, 0.1) is 12.0 Å². The number of ether oxygens (including phenoxy) is 1. The van der Waals surface area contributed by atoms with Crippen LogP contribution in [0.3, 0.4) is 0 Å². The van der Waals surface area contributed by atoms with Gasteiger partial charge in [0.1, 0.15) is 0 Å². The molecule has 1 aliphatic rings. The molecule has 2 atom stereocenters. The summed E-state index contributed by atoms with van der Waals surface area (Å²) in [5, 5.41) is 0. The molecule has 2 unspecified atom stereocenters. The highest BCUT2D eigenvalue weighted by Gasteiger charge is 2.44. The molecule has 0 heterocycles. The quantitative estimate of drug-likeness (QED) is 0.563. The number of nitrogens with two attached hydrogens (primary N) is 1. The van der Waals surface area contributed by atoms with E-state index in [1.807, 2.05) is 6.92 Å². The number of rotatable bonds is 5. The van der Waals surface area contributed by atoms with Crippen molar-refractivity contribution in [1.29, 1.82) is 0 Å². The van der Waals surface area contributed by atoms with E-state index in [-0.39, 0.29) is 12.0 Å². The van der Waals surface area contributed by atoms with E-state index in [0.29, 0.717) is 6.61 Å². The Hall–Kier alpha value is -0.570. The van der Waals surface area contributed by atoms with Gasteiger partial charge in [-0.1, -0.05) is 26.2 Å². The molecule has 2 N–H and O–H groups in total. The number of hydrogen-bond acceptors (Lipinski definition) is 3. The molecule has 0 saturated heterocycles. The van der Waals surface area contributed by atoms with Crippen LogP contribution in [0.4, 0.5) is 0 Å². The Morgan fingerprint density at radius 1 is 1.53 bits per heavy atom. The Labute approximate surface area is 92.4 Å². The predicted molar refractivity (Wildman–Crippen MR) is 60.4 cm³/mol. The Morgan fingerprint density at radius 3 is 2.80 bits per heavy atom. The first-order valence-corrected chi connectivity index (χ1v) is 6.04. The Morgan fingerprint density at radius 2 is 2.27 bits per heavy atom. The Kier molecular flexibility index (Phi) is 4.58. The van der Waals surface area contributed by atoms with Crippen LogP contribution in [0.5, 0.6) is 0 Å². The van der Waals surface area contributed by atoms with E-state index in [4.69, 9.17) is 10.5 Å². The summed E-state index contributed by atoms with van der Waals surface area (Å²) in [6.07, 6.45) is 6.10. The molecular weight excluding hydrogens is 190 g/mol. The highest BCUT2D eigenvalue weighted by atomic mass is 16.5. The first-order valence-electron chi connectivity index (χ1n) is 6.04. The zero-order valence-electron chi connectivity index (χ0n) is 9.92. The number of hydrogen-bond donors (Lipinski definition) is 1. The second-order valence-corrected chi connectivity index (χ2v) is 4.76. The van der Waals surface area contributed by atoms with Gasteiger partial charge >= 0.3 is 5.97 Å². The fraction of sp³-hybridized carbons (Fsp3) is 0.917. The standard InChI is InChI=1S/C12H23NO2/c1-3-4-5-9-15-11(14)12(2)8-6-7-10(12)13/h10H,3-9,13H2,1-2H3. The molecule has 1 saturated carbocycles. The summed E-state index contributed by atoms with van der Waals surface area (Å²) in [6, 6.07) is -0.0174. The first kappa shape index (κ1) is 12.5. The summed E-state index contributed by atoms with van der Waals surface area (Å²) in [7, 11) is 0. The number of esters is 1. The van der Waals surface area contributed by atoms with Crippen LogP contribution in [0, 0.1) is 5.41 Å². The monoisotopic (exact) mass is 213 g/mol. The summed E-state index contributed by atoms with van der Waals surface area (Å²) >= 11 is 0. The fourth-order valence-electron chi connectivity index (χ4n) is 2.13. The molecule has 1 aliphatic carbocycles. The van der Waals surface area contributed by atoms with Crippen molar-refractivity contribution in [2.45, 2.75) is 58.4 Å². The van der Waals surface area contributed by atoms with Gasteiger partial charge < -0.3 is 10.5 Å².